The van der Waals surface area contributed by atoms with Gasteiger partial charge in [-0.25, -0.2) is 4.52 Å². The molecule has 2 aromatic heterocycles. The molecule has 3 heterocycles. The van der Waals surface area contributed by atoms with Crippen molar-refractivity contribution in [3.05, 3.63) is 28.2 Å². The van der Waals surface area contributed by atoms with E-state index in [1.807, 2.05) is 0 Å². The second kappa shape index (κ2) is 5.06. The summed E-state index contributed by atoms with van der Waals surface area (Å²) in [6.07, 6.45) is -2.43. The molecular weight excluding hydrogens is 412 g/mol. The molecule has 3 rings (SSSR count). The lowest BCUT2D eigenvalue weighted by Gasteiger charge is -2.23. The lowest BCUT2D eigenvalue weighted by atomic mass is 10.1. The maximum absolute atomic E-state index is 11.8. The molecule has 114 valence electrons. The number of halogens is 2. The Balaban J connectivity index is 2.15. The fourth-order valence-corrected chi connectivity index (χ4v) is 3.67. The maximum Gasteiger partial charge on any atom is 0.276 e. The summed E-state index contributed by atoms with van der Waals surface area (Å²) in [6, 6.07) is 3.24. The number of ether oxygens (including phenoxy) is 1. The molecule has 3 atom stereocenters. The maximum atomic E-state index is 11.8. The van der Waals surface area contributed by atoms with E-state index < -0.39 is 21.5 Å². The average Bonchev–Trinajstić information content (AvgIpc) is 2.91. The van der Waals surface area contributed by atoms with E-state index in [0.717, 1.165) is 0 Å². The Bertz CT molecular complexity index is 743. The number of aromatic nitrogens is 3. The van der Waals surface area contributed by atoms with E-state index >= 15 is 0 Å². The molecule has 21 heavy (non-hydrogen) atoms. The van der Waals surface area contributed by atoms with E-state index in [1.165, 1.54) is 4.52 Å². The van der Waals surface area contributed by atoms with Crippen molar-refractivity contribution < 1.29 is 14.9 Å². The van der Waals surface area contributed by atoms with Gasteiger partial charge in [0.25, 0.3) is 5.56 Å². The first-order valence-corrected chi connectivity index (χ1v) is 7.64. The van der Waals surface area contributed by atoms with Crippen molar-refractivity contribution in [2.45, 2.75) is 21.5 Å². The molecule has 5 N–H and O–H groups in total. The van der Waals surface area contributed by atoms with Crippen LogP contribution in [0.5, 0.6) is 0 Å². The quantitative estimate of drug-likeness (QED) is 0.499. The molecule has 0 aromatic carbocycles. The number of hydrogen-bond acceptors (Lipinski definition) is 6. The lowest BCUT2D eigenvalue weighted by Crippen LogP contribution is -2.35. The molecule has 0 saturated carbocycles. The van der Waals surface area contributed by atoms with Crippen molar-refractivity contribution >= 4 is 43.3 Å². The molecule has 1 aliphatic rings. The molecular formula is C11H12Br2N4O4. The van der Waals surface area contributed by atoms with Gasteiger partial charge in [0, 0.05) is 0 Å². The Hall–Kier alpha value is -0.940. The number of rotatable bonds is 2. The fraction of sp³-hybridized carbons (Fsp3) is 0.455. The largest absolute Gasteiger partial charge is 0.394 e. The van der Waals surface area contributed by atoms with Crippen LogP contribution in [-0.2, 0) is 4.74 Å². The van der Waals surface area contributed by atoms with Crippen LogP contribution < -0.4 is 11.3 Å². The highest BCUT2D eigenvalue weighted by atomic mass is 79.9. The van der Waals surface area contributed by atoms with Gasteiger partial charge in [0.05, 0.1) is 12.3 Å². The topological polar surface area (TPSA) is 126 Å². The molecule has 0 spiro atoms. The number of H-pyrrole nitrogens is 1. The van der Waals surface area contributed by atoms with E-state index in [-0.39, 0.29) is 18.1 Å². The van der Waals surface area contributed by atoms with Crippen LogP contribution in [0.4, 0.5) is 5.95 Å². The molecule has 1 fully saturated rings. The van der Waals surface area contributed by atoms with Crippen molar-refractivity contribution in [2.75, 3.05) is 12.3 Å². The highest BCUT2D eigenvalue weighted by molar-refractivity contribution is 9.25. The van der Waals surface area contributed by atoms with Gasteiger partial charge in [0.2, 0.25) is 5.95 Å². The number of nitrogens with zero attached hydrogens (tertiary/aromatic N) is 2. The first kappa shape index (κ1) is 15.0. The van der Waals surface area contributed by atoms with E-state index in [4.69, 9.17) is 10.5 Å². The predicted octanol–water partition coefficient (Wildman–Crippen LogP) is -0.116. The van der Waals surface area contributed by atoms with Gasteiger partial charge in [-0.15, -0.1) is 5.10 Å². The van der Waals surface area contributed by atoms with Crippen molar-refractivity contribution in [1.29, 1.82) is 0 Å². The highest BCUT2D eigenvalue weighted by Gasteiger charge is 2.54. The Morgan fingerprint density at radius 3 is 2.86 bits per heavy atom. The molecule has 1 saturated heterocycles. The second-order valence-corrected chi connectivity index (χ2v) is 8.44. The third kappa shape index (κ3) is 2.21. The van der Waals surface area contributed by atoms with Gasteiger partial charge in [0.15, 0.2) is 0 Å². The Morgan fingerprint density at radius 1 is 1.52 bits per heavy atom. The average molecular weight is 424 g/mol. The van der Waals surface area contributed by atoms with Gasteiger partial charge in [-0.2, -0.15) is 0 Å². The van der Waals surface area contributed by atoms with Crippen molar-refractivity contribution in [2.24, 2.45) is 0 Å². The lowest BCUT2D eigenvalue weighted by molar-refractivity contribution is -0.0239. The summed E-state index contributed by atoms with van der Waals surface area (Å²) < 4.78 is 6.01. The summed E-state index contributed by atoms with van der Waals surface area (Å²) in [4.78, 5) is 14.2. The number of nitrogens with two attached hydrogens (primary N) is 1. The van der Waals surface area contributed by atoms with Gasteiger partial charge in [-0.1, -0.05) is 31.9 Å². The molecule has 0 aliphatic carbocycles. The van der Waals surface area contributed by atoms with Crippen LogP contribution in [-0.4, -0.2) is 46.9 Å². The summed E-state index contributed by atoms with van der Waals surface area (Å²) >= 11 is 6.74. The highest BCUT2D eigenvalue weighted by Crippen LogP contribution is 2.51. The van der Waals surface area contributed by atoms with Gasteiger partial charge < -0.3 is 20.7 Å². The second-order valence-electron chi connectivity index (χ2n) is 4.75. The van der Waals surface area contributed by atoms with E-state index in [2.05, 4.69) is 41.9 Å². The summed E-state index contributed by atoms with van der Waals surface area (Å²) in [5.74, 6) is -0.0306. The molecule has 2 aromatic rings. The van der Waals surface area contributed by atoms with Crippen molar-refractivity contribution in [1.82, 2.24) is 14.6 Å². The number of alkyl halides is 2. The fourth-order valence-electron chi connectivity index (χ4n) is 2.39. The standard InChI is InChI=1S/C11H12Br2N4O4/c12-11(13)7(19)6(3-18)21-8(11)4-1-2-5-9(20)15-10(14)16-17(4)5/h1-2,6-8,18-19H,3H2,(H3,14,15,16,20)/t6-,7+,8+/m1/s1. The first-order valence-electron chi connectivity index (χ1n) is 6.06. The molecule has 0 bridgehead atoms. The van der Waals surface area contributed by atoms with Crippen LogP contribution >= 0.6 is 31.9 Å². The van der Waals surface area contributed by atoms with Crippen LogP contribution in [0.2, 0.25) is 0 Å². The zero-order chi connectivity index (χ0) is 15.4. The molecule has 0 unspecified atom stereocenters. The van der Waals surface area contributed by atoms with Crippen molar-refractivity contribution in [3.63, 3.8) is 0 Å². The number of nitrogens with one attached hydrogen (secondary N) is 1. The van der Waals surface area contributed by atoms with Crippen LogP contribution in [0.25, 0.3) is 5.52 Å². The molecule has 1 aliphatic heterocycles. The zero-order valence-electron chi connectivity index (χ0n) is 10.5. The van der Waals surface area contributed by atoms with Gasteiger partial charge in [-0.3, -0.25) is 9.78 Å². The Morgan fingerprint density at radius 2 is 2.24 bits per heavy atom. The van der Waals surface area contributed by atoms with Gasteiger partial charge in [0.1, 0.15) is 27.1 Å². The number of hydrogen-bond donors (Lipinski definition) is 4. The number of anilines is 1. The van der Waals surface area contributed by atoms with E-state index in [9.17, 15) is 15.0 Å². The smallest absolute Gasteiger partial charge is 0.276 e. The number of aliphatic hydroxyl groups is 2. The number of aromatic amines is 1. The molecule has 10 heteroatoms. The third-order valence-electron chi connectivity index (χ3n) is 3.42. The Kier molecular flexibility index (Phi) is 3.61. The molecule has 0 amide bonds. The Labute approximate surface area is 135 Å². The summed E-state index contributed by atoms with van der Waals surface area (Å²) in [5.41, 5.74) is 6.01. The van der Waals surface area contributed by atoms with Gasteiger partial charge in [-0.05, 0) is 12.1 Å². The third-order valence-corrected chi connectivity index (χ3v) is 5.19. The minimum absolute atomic E-state index is 0.0306. The van der Waals surface area contributed by atoms with Crippen LogP contribution in [0.3, 0.4) is 0 Å². The summed E-state index contributed by atoms with van der Waals surface area (Å²) in [6.45, 7) is -0.337. The zero-order valence-corrected chi connectivity index (χ0v) is 13.7. The SMILES string of the molecule is Nc1nn2c([C@@H]3O[C@H](CO)[C@H](O)C3(Br)Br)ccc2c(=O)[nH]1. The summed E-state index contributed by atoms with van der Waals surface area (Å²) in [7, 11) is 0. The van der Waals surface area contributed by atoms with E-state index in [0.29, 0.717) is 11.2 Å². The monoisotopic (exact) mass is 422 g/mol. The molecule has 0 radical (unpaired) electrons. The first-order chi connectivity index (χ1) is 9.86. The predicted molar refractivity (Wildman–Crippen MR) is 81.5 cm³/mol. The van der Waals surface area contributed by atoms with Crippen LogP contribution in [0.15, 0.2) is 16.9 Å². The molecule has 8 nitrogen and oxygen atoms in total. The van der Waals surface area contributed by atoms with Gasteiger partial charge >= 0.3 is 0 Å². The number of fused-ring (bicyclic) bond motifs is 1. The van der Waals surface area contributed by atoms with Crippen molar-refractivity contribution in [3.8, 4) is 0 Å². The van der Waals surface area contributed by atoms with Crippen LogP contribution in [0, 0.1) is 0 Å². The van der Waals surface area contributed by atoms with Crippen LogP contribution in [0.1, 0.15) is 11.8 Å². The number of nitrogen functional groups attached to an aromatic ring is 1. The summed E-state index contributed by atoms with van der Waals surface area (Å²) in [5, 5.41) is 23.5. The minimum Gasteiger partial charge on any atom is -0.394 e. The minimum atomic E-state index is -1.01. The normalized spacial score (nSPS) is 28.3. The number of aliphatic hydroxyl groups excluding tert-OH is 2. The van der Waals surface area contributed by atoms with E-state index in [1.54, 1.807) is 12.1 Å².